The number of halogens is 1. The van der Waals surface area contributed by atoms with Crippen molar-refractivity contribution in [3.05, 3.63) is 65.5 Å². The first kappa shape index (κ1) is 22.4. The number of rotatable bonds is 9. The molecule has 0 aliphatic carbocycles. The van der Waals surface area contributed by atoms with Gasteiger partial charge in [-0.3, -0.25) is 9.69 Å². The molecule has 0 unspecified atom stereocenters. The maximum Gasteiger partial charge on any atom is 0.221 e. The van der Waals surface area contributed by atoms with Gasteiger partial charge in [0.2, 0.25) is 5.91 Å². The van der Waals surface area contributed by atoms with Crippen LogP contribution in [-0.2, 0) is 17.8 Å². The molecule has 2 aromatic rings. The van der Waals surface area contributed by atoms with E-state index in [0.29, 0.717) is 5.92 Å². The molecule has 1 aliphatic rings. The summed E-state index contributed by atoms with van der Waals surface area (Å²) in [7, 11) is 0. The van der Waals surface area contributed by atoms with Gasteiger partial charge in [-0.15, -0.1) is 0 Å². The summed E-state index contributed by atoms with van der Waals surface area (Å²) >= 11 is 0. The number of nitrogens with zero attached hydrogens (tertiary/aromatic N) is 2. The summed E-state index contributed by atoms with van der Waals surface area (Å²) in [5.41, 5.74) is 3.19. The van der Waals surface area contributed by atoms with Crippen LogP contribution in [0.1, 0.15) is 37.8 Å². The SMILES string of the molecule is CCN(Cc1ccc(NC(C)=O)cc1)C[C@@H]1CCCN(CCc2cccc(F)c2)C1. The van der Waals surface area contributed by atoms with Gasteiger partial charge in [0.05, 0.1) is 0 Å². The number of anilines is 1. The monoisotopic (exact) mass is 411 g/mol. The molecule has 4 nitrogen and oxygen atoms in total. The average molecular weight is 412 g/mol. The Morgan fingerprint density at radius 2 is 2.00 bits per heavy atom. The molecule has 1 saturated heterocycles. The minimum absolute atomic E-state index is 0.0443. The van der Waals surface area contributed by atoms with Crippen LogP contribution < -0.4 is 5.32 Å². The molecule has 0 bridgehead atoms. The van der Waals surface area contributed by atoms with Crippen LogP contribution in [0, 0.1) is 11.7 Å². The standard InChI is InChI=1S/C25H34FN3O/c1-3-28(17-22-9-11-25(12-10-22)27-20(2)30)18-23-7-5-14-29(19-23)15-13-21-6-4-8-24(26)16-21/h4,6,8-12,16,23H,3,5,7,13-15,17-19H2,1-2H3,(H,27,30)/t23-/m0/s1. The van der Waals surface area contributed by atoms with E-state index < -0.39 is 0 Å². The van der Waals surface area contributed by atoms with E-state index in [1.54, 1.807) is 12.1 Å². The zero-order chi connectivity index (χ0) is 21.3. The summed E-state index contributed by atoms with van der Waals surface area (Å²) in [5.74, 6) is 0.481. The van der Waals surface area contributed by atoms with Crippen molar-refractivity contribution in [3.8, 4) is 0 Å². The number of hydrogen-bond acceptors (Lipinski definition) is 3. The average Bonchev–Trinajstić information content (AvgIpc) is 2.73. The molecule has 2 aromatic carbocycles. The molecule has 0 radical (unpaired) electrons. The summed E-state index contributed by atoms with van der Waals surface area (Å²) in [6, 6.07) is 15.1. The van der Waals surface area contributed by atoms with Gasteiger partial charge in [-0.1, -0.05) is 31.2 Å². The van der Waals surface area contributed by atoms with Crippen LogP contribution in [-0.4, -0.2) is 48.4 Å². The number of hydrogen-bond donors (Lipinski definition) is 1. The van der Waals surface area contributed by atoms with Gasteiger partial charge in [-0.05, 0) is 73.7 Å². The van der Waals surface area contributed by atoms with E-state index in [1.807, 2.05) is 18.2 Å². The number of piperidine rings is 1. The molecule has 1 atom stereocenters. The second-order valence-corrected chi connectivity index (χ2v) is 8.39. The van der Waals surface area contributed by atoms with E-state index in [-0.39, 0.29) is 11.7 Å². The molecule has 1 N–H and O–H groups in total. The van der Waals surface area contributed by atoms with E-state index in [4.69, 9.17) is 0 Å². The second-order valence-electron chi connectivity index (χ2n) is 8.39. The number of carbonyl (C=O) groups is 1. The van der Waals surface area contributed by atoms with Gasteiger partial charge in [0.1, 0.15) is 5.82 Å². The first-order chi connectivity index (χ1) is 14.5. The normalized spacial score (nSPS) is 17.3. The van der Waals surface area contributed by atoms with E-state index in [1.165, 1.54) is 31.4 Å². The minimum atomic E-state index is -0.146. The second kappa shape index (κ2) is 11.2. The lowest BCUT2D eigenvalue weighted by atomic mass is 9.96. The van der Waals surface area contributed by atoms with Crippen molar-refractivity contribution in [2.24, 2.45) is 5.92 Å². The van der Waals surface area contributed by atoms with Gasteiger partial charge in [-0.2, -0.15) is 0 Å². The Morgan fingerprint density at radius 1 is 1.20 bits per heavy atom. The van der Waals surface area contributed by atoms with E-state index in [9.17, 15) is 9.18 Å². The number of nitrogens with one attached hydrogen (secondary N) is 1. The Balaban J connectivity index is 1.48. The number of carbonyl (C=O) groups excluding carboxylic acids is 1. The number of likely N-dealkylation sites (tertiary alicyclic amines) is 1. The first-order valence-corrected chi connectivity index (χ1v) is 11.1. The smallest absolute Gasteiger partial charge is 0.221 e. The van der Waals surface area contributed by atoms with Gasteiger partial charge in [-0.25, -0.2) is 4.39 Å². The topological polar surface area (TPSA) is 35.6 Å². The third kappa shape index (κ3) is 7.22. The molecular weight excluding hydrogens is 377 g/mol. The van der Waals surface area contributed by atoms with Crippen LogP contribution >= 0.6 is 0 Å². The van der Waals surface area contributed by atoms with E-state index >= 15 is 0 Å². The lowest BCUT2D eigenvalue weighted by Crippen LogP contribution is -2.41. The summed E-state index contributed by atoms with van der Waals surface area (Å²) in [6.45, 7) is 10.0. The third-order valence-electron chi connectivity index (χ3n) is 5.85. The quantitative estimate of drug-likeness (QED) is 0.657. The Bertz CT molecular complexity index is 808. The van der Waals surface area contributed by atoms with Gasteiger partial charge in [0.15, 0.2) is 0 Å². The fourth-order valence-corrected chi connectivity index (χ4v) is 4.31. The highest BCUT2D eigenvalue weighted by Crippen LogP contribution is 2.20. The summed E-state index contributed by atoms with van der Waals surface area (Å²) in [6.07, 6.45) is 3.41. The number of benzene rings is 2. The summed E-state index contributed by atoms with van der Waals surface area (Å²) < 4.78 is 13.4. The molecule has 1 fully saturated rings. The molecule has 1 aliphatic heterocycles. The summed E-state index contributed by atoms with van der Waals surface area (Å²) in [5, 5.41) is 2.82. The van der Waals surface area contributed by atoms with E-state index in [0.717, 1.165) is 56.9 Å². The van der Waals surface area contributed by atoms with Crippen LogP contribution in [0.15, 0.2) is 48.5 Å². The van der Waals surface area contributed by atoms with Gasteiger partial charge >= 0.3 is 0 Å². The molecule has 3 rings (SSSR count). The third-order valence-corrected chi connectivity index (χ3v) is 5.85. The van der Waals surface area contributed by atoms with Crippen molar-refractivity contribution in [3.63, 3.8) is 0 Å². The highest BCUT2D eigenvalue weighted by molar-refractivity contribution is 5.88. The fourth-order valence-electron chi connectivity index (χ4n) is 4.31. The van der Waals surface area contributed by atoms with Crippen molar-refractivity contribution < 1.29 is 9.18 Å². The van der Waals surface area contributed by atoms with Crippen LogP contribution in [0.3, 0.4) is 0 Å². The lowest BCUT2D eigenvalue weighted by molar-refractivity contribution is -0.114. The Labute approximate surface area is 180 Å². The Hall–Kier alpha value is -2.24. The van der Waals surface area contributed by atoms with Gasteiger partial charge in [0.25, 0.3) is 0 Å². The largest absolute Gasteiger partial charge is 0.326 e. The highest BCUT2D eigenvalue weighted by atomic mass is 19.1. The van der Waals surface area contributed by atoms with Crippen LogP contribution in [0.25, 0.3) is 0 Å². The predicted molar refractivity (Wildman–Crippen MR) is 121 cm³/mol. The molecule has 0 saturated carbocycles. The fraction of sp³-hybridized carbons (Fsp3) is 0.480. The van der Waals surface area contributed by atoms with Crippen molar-refractivity contribution in [2.75, 3.05) is 38.0 Å². The van der Waals surface area contributed by atoms with Crippen molar-refractivity contribution in [1.29, 1.82) is 0 Å². The minimum Gasteiger partial charge on any atom is -0.326 e. The van der Waals surface area contributed by atoms with Crippen molar-refractivity contribution >= 4 is 11.6 Å². The highest BCUT2D eigenvalue weighted by Gasteiger charge is 2.21. The maximum absolute atomic E-state index is 13.4. The van der Waals surface area contributed by atoms with Gasteiger partial charge < -0.3 is 10.2 Å². The molecule has 0 aromatic heterocycles. The number of amides is 1. The maximum atomic E-state index is 13.4. The molecule has 1 heterocycles. The van der Waals surface area contributed by atoms with Crippen LogP contribution in [0.4, 0.5) is 10.1 Å². The Morgan fingerprint density at radius 3 is 2.70 bits per heavy atom. The zero-order valence-electron chi connectivity index (χ0n) is 18.2. The Kier molecular flexibility index (Phi) is 8.40. The molecule has 30 heavy (non-hydrogen) atoms. The van der Waals surface area contributed by atoms with Crippen LogP contribution in [0.5, 0.6) is 0 Å². The summed E-state index contributed by atoms with van der Waals surface area (Å²) in [4.78, 5) is 16.2. The molecule has 0 spiro atoms. The molecule has 162 valence electrons. The van der Waals surface area contributed by atoms with Crippen molar-refractivity contribution in [2.45, 2.75) is 39.7 Å². The predicted octanol–water partition coefficient (Wildman–Crippen LogP) is 4.56. The van der Waals surface area contributed by atoms with Crippen molar-refractivity contribution in [1.82, 2.24) is 9.80 Å². The zero-order valence-corrected chi connectivity index (χ0v) is 18.2. The molecule has 5 heteroatoms. The molecular formula is C25H34FN3O. The van der Waals surface area contributed by atoms with Crippen LogP contribution in [0.2, 0.25) is 0 Å². The van der Waals surface area contributed by atoms with Gasteiger partial charge in [0, 0.05) is 38.8 Å². The first-order valence-electron chi connectivity index (χ1n) is 11.1. The lowest BCUT2D eigenvalue weighted by Gasteiger charge is -2.35. The molecule has 1 amide bonds. The van der Waals surface area contributed by atoms with E-state index in [2.05, 4.69) is 34.2 Å².